The molecular formula is C73H53BN2S. The molecule has 10 aromatic carbocycles. The molecule has 2 nitrogen and oxygen atoms in total. The van der Waals surface area contributed by atoms with E-state index in [1.54, 1.807) is 0 Å². The quantitative estimate of drug-likeness (QED) is 0.159. The van der Waals surface area contributed by atoms with Crippen LogP contribution in [0.25, 0.3) is 44.5 Å². The lowest BCUT2D eigenvalue weighted by Crippen LogP contribution is -2.60. The Labute approximate surface area is 455 Å². The number of thiophene rings is 1. The Morgan fingerprint density at radius 2 is 0.844 bits per heavy atom. The van der Waals surface area contributed by atoms with Crippen LogP contribution in [0.2, 0.25) is 0 Å². The Morgan fingerprint density at radius 1 is 0.390 bits per heavy atom. The minimum atomic E-state index is -0.511. The van der Waals surface area contributed by atoms with E-state index in [9.17, 15) is 0 Å². The van der Waals surface area contributed by atoms with Crippen LogP contribution in [0.4, 0.5) is 34.1 Å². The van der Waals surface area contributed by atoms with Gasteiger partial charge in [-0.1, -0.05) is 202 Å². The summed E-state index contributed by atoms with van der Waals surface area (Å²) < 4.78 is 1.40. The molecule has 4 aliphatic carbocycles. The topological polar surface area (TPSA) is 6.48 Å². The standard InChI is InChI=1S/C73H53BN2S/c1-42-27-32-46(33-28-42)75-63-41-61-54(52-21-11-14-24-57(52)72(61)55-22-12-7-17-48(55)49-18-8-13-23-56(49)72)40-62(63)74-67-64(75)37-44(3)38-65(67)76(47-34-29-43(2)30-35-47)68-66-53-36-31-45(71(4,5)6)39-60(53)73(69(66)77-70(68)74)58-25-15-9-19-50(58)51-20-10-16-26-59(51)73/h7-41H,1-6H3. The van der Waals surface area contributed by atoms with Gasteiger partial charge >= 0.3 is 0 Å². The zero-order chi connectivity index (χ0) is 51.4. The molecule has 0 amide bonds. The molecule has 11 aromatic rings. The van der Waals surface area contributed by atoms with Crippen LogP contribution in [0.3, 0.4) is 0 Å². The maximum absolute atomic E-state index is 2.68. The van der Waals surface area contributed by atoms with Crippen LogP contribution in [0, 0.1) is 20.8 Å². The van der Waals surface area contributed by atoms with E-state index in [1.165, 1.54) is 160 Å². The lowest BCUT2D eigenvalue weighted by atomic mass is 9.36. The summed E-state index contributed by atoms with van der Waals surface area (Å²) in [5.74, 6) is 0. The van der Waals surface area contributed by atoms with Gasteiger partial charge in [0, 0.05) is 43.7 Å². The second-order valence-electron chi connectivity index (χ2n) is 23.7. The van der Waals surface area contributed by atoms with Gasteiger partial charge in [-0.25, -0.2) is 0 Å². The highest BCUT2D eigenvalue weighted by molar-refractivity contribution is 7.30. The summed E-state index contributed by atoms with van der Waals surface area (Å²) in [6.45, 7) is 13.7. The smallest absolute Gasteiger partial charge is 0.264 e. The van der Waals surface area contributed by atoms with Gasteiger partial charge in [0.25, 0.3) is 6.71 Å². The summed E-state index contributed by atoms with van der Waals surface area (Å²) in [5.41, 5.74) is 34.5. The highest BCUT2D eigenvalue weighted by Gasteiger charge is 2.58. The number of hydrogen-bond donors (Lipinski definition) is 0. The van der Waals surface area contributed by atoms with Crippen LogP contribution in [0.1, 0.15) is 86.8 Å². The van der Waals surface area contributed by atoms with E-state index < -0.39 is 10.8 Å². The number of benzene rings is 10. The summed E-state index contributed by atoms with van der Waals surface area (Å²) in [4.78, 5) is 6.74. The van der Waals surface area contributed by atoms with E-state index in [4.69, 9.17) is 0 Å². The van der Waals surface area contributed by atoms with E-state index in [2.05, 4.69) is 275 Å². The zero-order valence-electron chi connectivity index (χ0n) is 44.1. The summed E-state index contributed by atoms with van der Waals surface area (Å²) in [6, 6.07) is 82.8. The van der Waals surface area contributed by atoms with Crippen LogP contribution < -0.4 is 25.5 Å². The van der Waals surface area contributed by atoms with Crippen molar-refractivity contribution in [3.05, 3.63) is 278 Å². The normalized spacial score (nSPS) is 15.3. The second-order valence-corrected chi connectivity index (χ2v) is 24.8. The van der Waals surface area contributed by atoms with E-state index in [0.29, 0.717) is 0 Å². The fourth-order valence-electron chi connectivity index (χ4n) is 15.4. The van der Waals surface area contributed by atoms with Crippen molar-refractivity contribution in [3.63, 3.8) is 0 Å². The van der Waals surface area contributed by atoms with Crippen molar-refractivity contribution in [2.45, 2.75) is 57.8 Å². The molecule has 0 saturated heterocycles. The Balaban J connectivity index is 1.03. The van der Waals surface area contributed by atoms with Gasteiger partial charge in [0.05, 0.1) is 16.5 Å². The zero-order valence-corrected chi connectivity index (χ0v) is 44.9. The Kier molecular flexibility index (Phi) is 8.49. The Hall–Kier alpha value is -8.44. The average Bonchev–Trinajstić information content (AvgIpc) is 3.82. The van der Waals surface area contributed by atoms with Crippen LogP contribution in [0.15, 0.2) is 212 Å². The highest BCUT2D eigenvalue weighted by Crippen LogP contribution is 2.68. The van der Waals surface area contributed by atoms with Crippen molar-refractivity contribution in [2.75, 3.05) is 9.80 Å². The van der Waals surface area contributed by atoms with E-state index >= 15 is 0 Å². The van der Waals surface area contributed by atoms with Crippen LogP contribution in [-0.2, 0) is 16.2 Å². The molecule has 0 atom stereocenters. The first-order valence-corrected chi connectivity index (χ1v) is 28.3. The van der Waals surface area contributed by atoms with E-state index in [0.717, 1.165) is 0 Å². The molecule has 364 valence electrons. The van der Waals surface area contributed by atoms with Gasteiger partial charge in [-0.2, -0.15) is 0 Å². The molecule has 1 aromatic heterocycles. The van der Waals surface area contributed by atoms with Gasteiger partial charge in [-0.05, 0) is 169 Å². The highest BCUT2D eigenvalue weighted by atomic mass is 32.1. The average molecular weight is 1000 g/mol. The molecular weight excluding hydrogens is 948 g/mol. The number of fused-ring (bicyclic) bond motifs is 25. The largest absolute Gasteiger partial charge is 0.311 e. The summed E-state index contributed by atoms with van der Waals surface area (Å²) in [5, 5.41) is 0. The van der Waals surface area contributed by atoms with Crippen molar-refractivity contribution in [1.82, 2.24) is 0 Å². The van der Waals surface area contributed by atoms with E-state index in [1.807, 2.05) is 0 Å². The predicted octanol–water partition coefficient (Wildman–Crippen LogP) is 16.7. The first-order chi connectivity index (χ1) is 37.6. The molecule has 3 heterocycles. The lowest BCUT2D eigenvalue weighted by Gasteiger charge is -2.44. The minimum absolute atomic E-state index is 0.0423. The molecule has 77 heavy (non-hydrogen) atoms. The maximum Gasteiger partial charge on any atom is 0.264 e. The first-order valence-electron chi connectivity index (χ1n) is 27.4. The maximum atomic E-state index is 2.68. The van der Waals surface area contributed by atoms with E-state index in [-0.39, 0.29) is 12.1 Å². The number of rotatable bonds is 2. The monoisotopic (exact) mass is 1000 g/mol. The van der Waals surface area contributed by atoms with Gasteiger partial charge in [0.1, 0.15) is 0 Å². The molecule has 0 radical (unpaired) electrons. The third-order valence-corrected chi connectivity index (χ3v) is 19.9. The number of aryl methyl sites for hydroxylation is 3. The van der Waals surface area contributed by atoms with Crippen molar-refractivity contribution < 1.29 is 0 Å². The number of hydrogen-bond acceptors (Lipinski definition) is 3. The fourth-order valence-corrected chi connectivity index (χ4v) is 17.1. The molecule has 0 bridgehead atoms. The SMILES string of the molecule is Cc1ccc(N2c3cc4c(cc3B3c5sc6c(c5N(c5ccc(C)cc5)c5cc(C)cc2c53)-c2ccc(C(C)(C)C)cc2C62c3ccccc3-c3ccccc32)-c2ccccc2C42c3ccccc3-c3ccccc32)cc1. The molecule has 0 saturated carbocycles. The van der Waals surface area contributed by atoms with Crippen molar-refractivity contribution in [2.24, 2.45) is 0 Å². The van der Waals surface area contributed by atoms with Crippen molar-refractivity contribution >= 4 is 67.9 Å². The predicted molar refractivity (Wildman–Crippen MR) is 324 cm³/mol. The third-order valence-electron chi connectivity index (χ3n) is 18.6. The molecule has 6 aliphatic rings. The van der Waals surface area contributed by atoms with Gasteiger partial charge in [0.15, 0.2) is 0 Å². The molecule has 17 rings (SSSR count). The summed E-state index contributed by atoms with van der Waals surface area (Å²) in [6.07, 6.45) is 0. The Bertz CT molecular complexity index is 4340. The molecule has 0 unspecified atom stereocenters. The number of anilines is 6. The second kappa shape index (κ2) is 14.9. The van der Waals surface area contributed by atoms with Crippen LogP contribution in [-0.4, -0.2) is 6.71 Å². The first kappa shape index (κ1) is 43.8. The molecule has 0 N–H and O–H groups in total. The van der Waals surface area contributed by atoms with Gasteiger partial charge < -0.3 is 9.80 Å². The van der Waals surface area contributed by atoms with Crippen molar-refractivity contribution in [1.29, 1.82) is 0 Å². The summed E-state index contributed by atoms with van der Waals surface area (Å²) in [7, 11) is 0. The van der Waals surface area contributed by atoms with Gasteiger partial charge in [-0.15, -0.1) is 11.3 Å². The molecule has 0 fully saturated rings. The third kappa shape index (κ3) is 5.32. The molecule has 4 heteroatoms. The van der Waals surface area contributed by atoms with Gasteiger partial charge in [-0.3, -0.25) is 0 Å². The molecule has 2 spiro atoms. The summed E-state index contributed by atoms with van der Waals surface area (Å²) >= 11 is 2.08. The molecule has 2 aliphatic heterocycles. The van der Waals surface area contributed by atoms with Crippen LogP contribution in [0.5, 0.6) is 0 Å². The fraction of sp³-hybridized carbons (Fsp3) is 0.123. The Morgan fingerprint density at radius 3 is 1.36 bits per heavy atom. The number of nitrogens with zero attached hydrogens (tertiary/aromatic N) is 2. The van der Waals surface area contributed by atoms with Crippen LogP contribution >= 0.6 is 11.3 Å². The minimum Gasteiger partial charge on any atom is -0.311 e. The lowest BCUT2D eigenvalue weighted by molar-refractivity contribution is 0.588. The van der Waals surface area contributed by atoms with Crippen molar-refractivity contribution in [3.8, 4) is 44.5 Å². The van der Waals surface area contributed by atoms with Gasteiger partial charge in [0.2, 0.25) is 0 Å².